The number of ether oxygens (including phenoxy) is 1. The SMILES string of the molecule is CC#Cc1ccc(OC(C)c2c(C)cccc2C)cc1Cl. The molecule has 0 aliphatic heterocycles. The quantitative estimate of drug-likeness (QED) is 0.683. The van der Waals surface area contributed by atoms with Crippen LogP contribution in [0.15, 0.2) is 36.4 Å². The van der Waals surface area contributed by atoms with Gasteiger partial charge in [-0.25, -0.2) is 0 Å². The minimum absolute atomic E-state index is 0.0228. The molecule has 0 amide bonds. The third-order valence-corrected chi connectivity index (χ3v) is 3.77. The number of hydrogen-bond acceptors (Lipinski definition) is 1. The molecule has 0 spiro atoms. The van der Waals surface area contributed by atoms with Crippen LogP contribution in [0.2, 0.25) is 5.02 Å². The molecule has 2 aromatic carbocycles. The van der Waals surface area contributed by atoms with Crippen LogP contribution in [-0.4, -0.2) is 0 Å². The van der Waals surface area contributed by atoms with Crippen LogP contribution in [0.5, 0.6) is 5.75 Å². The van der Waals surface area contributed by atoms with Gasteiger partial charge in [0.2, 0.25) is 0 Å². The van der Waals surface area contributed by atoms with Crippen LogP contribution < -0.4 is 4.74 Å². The van der Waals surface area contributed by atoms with Crippen LogP contribution in [-0.2, 0) is 0 Å². The number of aryl methyl sites for hydroxylation is 2. The fourth-order valence-corrected chi connectivity index (χ4v) is 2.75. The van der Waals surface area contributed by atoms with Gasteiger partial charge >= 0.3 is 0 Å². The molecule has 0 aliphatic carbocycles. The molecule has 1 nitrogen and oxygen atoms in total. The molecule has 0 heterocycles. The lowest BCUT2D eigenvalue weighted by Crippen LogP contribution is -2.07. The van der Waals surface area contributed by atoms with E-state index in [4.69, 9.17) is 16.3 Å². The van der Waals surface area contributed by atoms with E-state index in [1.807, 2.05) is 18.2 Å². The summed E-state index contributed by atoms with van der Waals surface area (Å²) in [4.78, 5) is 0. The molecule has 0 N–H and O–H groups in total. The van der Waals surface area contributed by atoms with Crippen LogP contribution in [0, 0.1) is 25.7 Å². The Morgan fingerprint density at radius 2 is 1.76 bits per heavy atom. The Labute approximate surface area is 131 Å². The predicted molar refractivity (Wildman–Crippen MR) is 89.0 cm³/mol. The summed E-state index contributed by atoms with van der Waals surface area (Å²) in [6.07, 6.45) is -0.0228. The lowest BCUT2D eigenvalue weighted by molar-refractivity contribution is 0.225. The first-order chi connectivity index (χ1) is 10.0. The van der Waals surface area contributed by atoms with E-state index in [0.29, 0.717) is 5.02 Å². The highest BCUT2D eigenvalue weighted by atomic mass is 35.5. The average Bonchev–Trinajstić information content (AvgIpc) is 2.42. The molecular weight excluding hydrogens is 280 g/mol. The number of hydrogen-bond donors (Lipinski definition) is 0. The largest absolute Gasteiger partial charge is 0.486 e. The van der Waals surface area contributed by atoms with Crippen LogP contribution >= 0.6 is 11.6 Å². The summed E-state index contributed by atoms with van der Waals surface area (Å²) in [6, 6.07) is 11.9. The van der Waals surface area contributed by atoms with Gasteiger partial charge in [0.05, 0.1) is 5.02 Å². The maximum absolute atomic E-state index is 6.22. The lowest BCUT2D eigenvalue weighted by atomic mass is 9.99. The van der Waals surface area contributed by atoms with Gasteiger partial charge in [-0.05, 0) is 56.5 Å². The molecule has 0 radical (unpaired) electrons. The van der Waals surface area contributed by atoms with E-state index in [1.54, 1.807) is 6.92 Å². The molecule has 21 heavy (non-hydrogen) atoms. The highest BCUT2D eigenvalue weighted by Crippen LogP contribution is 2.29. The van der Waals surface area contributed by atoms with Crippen LogP contribution in [0.25, 0.3) is 0 Å². The highest BCUT2D eigenvalue weighted by molar-refractivity contribution is 6.31. The van der Waals surface area contributed by atoms with Gasteiger partial charge in [-0.2, -0.15) is 0 Å². The summed E-state index contributed by atoms with van der Waals surface area (Å²) in [6.45, 7) is 8.07. The van der Waals surface area contributed by atoms with Gasteiger partial charge in [-0.15, -0.1) is 5.92 Å². The summed E-state index contributed by atoms with van der Waals surface area (Å²) in [5, 5.41) is 0.621. The molecule has 0 saturated heterocycles. The maximum Gasteiger partial charge on any atom is 0.121 e. The van der Waals surface area contributed by atoms with Crippen molar-refractivity contribution in [2.75, 3.05) is 0 Å². The van der Waals surface area contributed by atoms with Crippen LogP contribution in [0.3, 0.4) is 0 Å². The van der Waals surface area contributed by atoms with Crippen molar-refractivity contribution in [2.45, 2.75) is 33.8 Å². The van der Waals surface area contributed by atoms with E-state index in [9.17, 15) is 0 Å². The molecule has 0 bridgehead atoms. The maximum atomic E-state index is 6.22. The summed E-state index contributed by atoms with van der Waals surface area (Å²) >= 11 is 6.22. The van der Waals surface area contributed by atoms with Crippen LogP contribution in [0.1, 0.15) is 42.2 Å². The van der Waals surface area contributed by atoms with Crippen molar-refractivity contribution >= 4 is 11.6 Å². The van der Waals surface area contributed by atoms with Gasteiger partial charge in [0, 0.05) is 11.6 Å². The second-order valence-corrected chi connectivity index (χ2v) is 5.49. The van der Waals surface area contributed by atoms with E-state index >= 15 is 0 Å². The molecule has 108 valence electrons. The summed E-state index contributed by atoms with van der Waals surface area (Å²) in [7, 11) is 0. The Morgan fingerprint density at radius 1 is 1.10 bits per heavy atom. The minimum Gasteiger partial charge on any atom is -0.486 e. The van der Waals surface area contributed by atoms with Crippen molar-refractivity contribution in [1.82, 2.24) is 0 Å². The first kappa shape index (κ1) is 15.5. The van der Waals surface area contributed by atoms with Crippen molar-refractivity contribution < 1.29 is 4.74 Å². The zero-order chi connectivity index (χ0) is 15.4. The normalized spacial score (nSPS) is 11.5. The van der Waals surface area contributed by atoms with Gasteiger partial charge in [-0.1, -0.05) is 35.7 Å². The highest BCUT2D eigenvalue weighted by Gasteiger charge is 2.13. The van der Waals surface area contributed by atoms with E-state index in [2.05, 4.69) is 50.8 Å². The van der Waals surface area contributed by atoms with Crippen molar-refractivity contribution in [3.63, 3.8) is 0 Å². The van der Waals surface area contributed by atoms with Crippen molar-refractivity contribution in [1.29, 1.82) is 0 Å². The smallest absolute Gasteiger partial charge is 0.121 e. The second kappa shape index (κ2) is 6.70. The molecule has 1 unspecified atom stereocenters. The first-order valence-electron chi connectivity index (χ1n) is 6.98. The molecule has 0 saturated carbocycles. The van der Waals surface area contributed by atoms with E-state index < -0.39 is 0 Å². The number of rotatable bonds is 3. The molecular formula is C19H19ClO. The molecule has 1 atom stereocenters. The number of halogens is 1. The van der Waals surface area contributed by atoms with Gasteiger partial charge in [0.25, 0.3) is 0 Å². The monoisotopic (exact) mass is 298 g/mol. The fourth-order valence-electron chi connectivity index (χ4n) is 2.54. The number of benzene rings is 2. The zero-order valence-electron chi connectivity index (χ0n) is 12.8. The van der Waals surface area contributed by atoms with Crippen molar-refractivity contribution in [2.24, 2.45) is 0 Å². The lowest BCUT2D eigenvalue weighted by Gasteiger charge is -2.19. The predicted octanol–water partition coefficient (Wildman–Crippen LogP) is 5.47. The van der Waals surface area contributed by atoms with Crippen molar-refractivity contribution in [3.05, 3.63) is 63.7 Å². The Balaban J connectivity index is 2.25. The minimum atomic E-state index is -0.0228. The summed E-state index contributed by atoms with van der Waals surface area (Å²) in [5.74, 6) is 6.58. The van der Waals surface area contributed by atoms with Gasteiger partial charge in [0.1, 0.15) is 11.9 Å². The summed E-state index contributed by atoms with van der Waals surface area (Å²) in [5.41, 5.74) is 4.53. The third kappa shape index (κ3) is 3.60. The molecule has 0 aromatic heterocycles. The fraction of sp³-hybridized carbons (Fsp3) is 0.263. The standard InChI is InChI=1S/C19H19ClO/c1-5-7-16-10-11-17(12-18(16)20)21-15(4)19-13(2)8-6-9-14(19)3/h6,8-12,15H,1-4H3. The molecule has 2 rings (SSSR count). The first-order valence-corrected chi connectivity index (χ1v) is 7.35. The topological polar surface area (TPSA) is 9.23 Å². The Hall–Kier alpha value is -1.91. The molecule has 2 aromatic rings. The van der Waals surface area contributed by atoms with E-state index in [-0.39, 0.29) is 6.10 Å². The van der Waals surface area contributed by atoms with Crippen molar-refractivity contribution in [3.8, 4) is 17.6 Å². The molecule has 2 heteroatoms. The Morgan fingerprint density at radius 3 is 2.33 bits per heavy atom. The third-order valence-electron chi connectivity index (χ3n) is 3.46. The molecule has 0 fully saturated rings. The van der Waals surface area contributed by atoms with Gasteiger partial charge < -0.3 is 4.74 Å². The van der Waals surface area contributed by atoms with Gasteiger partial charge in [-0.3, -0.25) is 0 Å². The second-order valence-electron chi connectivity index (χ2n) is 5.08. The average molecular weight is 299 g/mol. The van der Waals surface area contributed by atoms with Gasteiger partial charge in [0.15, 0.2) is 0 Å². The van der Waals surface area contributed by atoms with Crippen LogP contribution in [0.4, 0.5) is 0 Å². The Bertz CT molecular complexity index is 687. The molecule has 0 aliphatic rings. The Kier molecular flexibility index (Phi) is 4.94. The van der Waals surface area contributed by atoms with E-state index in [0.717, 1.165) is 11.3 Å². The zero-order valence-corrected chi connectivity index (χ0v) is 13.6. The van der Waals surface area contributed by atoms with E-state index in [1.165, 1.54) is 16.7 Å². The summed E-state index contributed by atoms with van der Waals surface area (Å²) < 4.78 is 6.04.